The predicted molar refractivity (Wildman–Crippen MR) is 110 cm³/mol. The zero-order valence-corrected chi connectivity index (χ0v) is 16.2. The minimum atomic E-state index is -0.0419. The number of hydrogen-bond acceptors (Lipinski definition) is 4. The molecule has 5 heteroatoms. The molecule has 1 fully saturated rings. The van der Waals surface area contributed by atoms with Crippen molar-refractivity contribution in [1.82, 2.24) is 10.3 Å². The highest BCUT2D eigenvalue weighted by atomic mass is 32.2. The zero-order valence-electron chi connectivity index (χ0n) is 15.4. The van der Waals surface area contributed by atoms with Gasteiger partial charge in [0.2, 0.25) is 0 Å². The molecule has 0 radical (unpaired) electrons. The van der Waals surface area contributed by atoms with Crippen molar-refractivity contribution >= 4 is 23.5 Å². The third kappa shape index (κ3) is 5.24. The van der Waals surface area contributed by atoms with Crippen molar-refractivity contribution in [2.45, 2.75) is 38.5 Å². The number of carbonyl (C=O) groups is 1. The maximum Gasteiger partial charge on any atom is 0.251 e. The normalized spacial score (nSPS) is 14.3. The van der Waals surface area contributed by atoms with Gasteiger partial charge in [-0.3, -0.25) is 4.79 Å². The van der Waals surface area contributed by atoms with Crippen LogP contribution in [0.2, 0.25) is 0 Å². The Balaban J connectivity index is 1.50. The van der Waals surface area contributed by atoms with Gasteiger partial charge in [0.05, 0.1) is 0 Å². The number of pyridine rings is 1. The minimum Gasteiger partial charge on any atom is -0.357 e. The lowest BCUT2D eigenvalue weighted by molar-refractivity contribution is 0.0951. The van der Waals surface area contributed by atoms with Gasteiger partial charge in [0, 0.05) is 37.1 Å². The van der Waals surface area contributed by atoms with Crippen molar-refractivity contribution in [3.05, 3.63) is 59.3 Å². The van der Waals surface area contributed by atoms with E-state index in [2.05, 4.69) is 34.3 Å². The van der Waals surface area contributed by atoms with Crippen LogP contribution in [0.4, 0.5) is 5.82 Å². The molecule has 1 aromatic carbocycles. The number of anilines is 1. The van der Waals surface area contributed by atoms with E-state index in [-0.39, 0.29) is 5.91 Å². The van der Waals surface area contributed by atoms with E-state index >= 15 is 0 Å². The molecular formula is C21H27N3OS. The van der Waals surface area contributed by atoms with E-state index in [1.54, 1.807) is 0 Å². The van der Waals surface area contributed by atoms with Crippen LogP contribution in [0.1, 0.15) is 47.7 Å². The van der Waals surface area contributed by atoms with E-state index < -0.39 is 0 Å². The van der Waals surface area contributed by atoms with Gasteiger partial charge >= 0.3 is 0 Å². The number of amides is 1. The van der Waals surface area contributed by atoms with Crippen molar-refractivity contribution < 1.29 is 4.79 Å². The lowest BCUT2D eigenvalue weighted by Crippen LogP contribution is -2.30. The molecule has 1 saturated heterocycles. The molecule has 138 valence electrons. The van der Waals surface area contributed by atoms with Crippen molar-refractivity contribution in [2.75, 3.05) is 23.7 Å². The van der Waals surface area contributed by atoms with E-state index in [1.807, 2.05) is 42.2 Å². The number of thioether (sulfide) groups is 1. The van der Waals surface area contributed by atoms with Crippen LogP contribution in [0, 0.1) is 0 Å². The number of hydrogen-bond donors (Lipinski definition) is 1. The van der Waals surface area contributed by atoms with E-state index in [0.29, 0.717) is 12.1 Å². The topological polar surface area (TPSA) is 45.2 Å². The highest BCUT2D eigenvalue weighted by Crippen LogP contribution is 2.17. The van der Waals surface area contributed by atoms with Crippen molar-refractivity contribution in [3.8, 4) is 0 Å². The summed E-state index contributed by atoms with van der Waals surface area (Å²) in [6.07, 6.45) is 5.68. The maximum absolute atomic E-state index is 12.3. The van der Waals surface area contributed by atoms with Gasteiger partial charge < -0.3 is 10.2 Å². The SMILES string of the molecule is CCSCc1ccc(C(=O)NCc2ccc(N3CCCCC3)nc2)cc1. The number of nitrogens with one attached hydrogen (secondary N) is 1. The van der Waals surface area contributed by atoms with Crippen molar-refractivity contribution in [2.24, 2.45) is 0 Å². The van der Waals surface area contributed by atoms with Gasteiger partial charge in [-0.25, -0.2) is 4.98 Å². The van der Waals surface area contributed by atoms with Crippen LogP contribution in [0.3, 0.4) is 0 Å². The molecule has 0 aliphatic carbocycles. The first kappa shape index (κ1) is 18.8. The quantitative estimate of drug-likeness (QED) is 0.792. The average Bonchev–Trinajstić information content (AvgIpc) is 2.72. The van der Waals surface area contributed by atoms with Gasteiger partial charge in [-0.2, -0.15) is 11.8 Å². The first-order valence-corrected chi connectivity index (χ1v) is 10.6. The number of piperidine rings is 1. The fourth-order valence-electron chi connectivity index (χ4n) is 3.09. The Bertz CT molecular complexity index is 694. The molecule has 1 aromatic heterocycles. The molecule has 1 N–H and O–H groups in total. The molecule has 26 heavy (non-hydrogen) atoms. The molecule has 1 aliphatic heterocycles. The number of carbonyl (C=O) groups excluding carboxylic acids is 1. The number of benzene rings is 1. The molecule has 1 aliphatic rings. The molecule has 0 spiro atoms. The monoisotopic (exact) mass is 369 g/mol. The van der Waals surface area contributed by atoms with Crippen LogP contribution >= 0.6 is 11.8 Å². The summed E-state index contributed by atoms with van der Waals surface area (Å²) in [6.45, 7) is 4.84. The summed E-state index contributed by atoms with van der Waals surface area (Å²) in [7, 11) is 0. The number of rotatable bonds is 7. The summed E-state index contributed by atoms with van der Waals surface area (Å²) in [5.41, 5.74) is 2.98. The Kier molecular flexibility index (Phi) is 6.95. The summed E-state index contributed by atoms with van der Waals surface area (Å²) < 4.78 is 0. The molecule has 4 nitrogen and oxygen atoms in total. The summed E-state index contributed by atoms with van der Waals surface area (Å²) in [4.78, 5) is 19.2. The molecule has 2 aromatic rings. The average molecular weight is 370 g/mol. The number of aromatic nitrogens is 1. The van der Waals surface area contributed by atoms with Crippen molar-refractivity contribution in [3.63, 3.8) is 0 Å². The van der Waals surface area contributed by atoms with Gasteiger partial charge in [0.1, 0.15) is 5.82 Å². The van der Waals surface area contributed by atoms with Gasteiger partial charge in [0.15, 0.2) is 0 Å². The van der Waals surface area contributed by atoms with E-state index in [1.165, 1.54) is 24.8 Å². The molecule has 0 bridgehead atoms. The van der Waals surface area contributed by atoms with Gasteiger partial charge in [-0.1, -0.05) is 25.1 Å². The van der Waals surface area contributed by atoms with Gasteiger partial charge in [-0.15, -0.1) is 0 Å². The second-order valence-corrected chi connectivity index (χ2v) is 7.86. The van der Waals surface area contributed by atoms with Gasteiger partial charge in [-0.05, 0) is 54.3 Å². The molecule has 2 heterocycles. The second kappa shape index (κ2) is 9.62. The van der Waals surface area contributed by atoms with Crippen LogP contribution in [0.15, 0.2) is 42.6 Å². The molecule has 1 amide bonds. The Morgan fingerprint density at radius 2 is 1.81 bits per heavy atom. The Morgan fingerprint density at radius 1 is 1.08 bits per heavy atom. The third-order valence-electron chi connectivity index (χ3n) is 4.63. The van der Waals surface area contributed by atoms with E-state index in [4.69, 9.17) is 0 Å². The lowest BCUT2D eigenvalue weighted by atomic mass is 10.1. The Labute approximate surface area is 160 Å². The highest BCUT2D eigenvalue weighted by molar-refractivity contribution is 7.98. The van der Waals surface area contributed by atoms with E-state index in [0.717, 1.165) is 36.0 Å². The first-order valence-electron chi connectivity index (χ1n) is 9.41. The van der Waals surface area contributed by atoms with Crippen molar-refractivity contribution in [1.29, 1.82) is 0 Å². The summed E-state index contributed by atoms with van der Waals surface area (Å²) >= 11 is 1.88. The summed E-state index contributed by atoms with van der Waals surface area (Å²) in [6, 6.07) is 12.0. The minimum absolute atomic E-state index is 0.0419. The Hall–Kier alpha value is -2.01. The fourth-order valence-corrected chi connectivity index (χ4v) is 3.72. The van der Waals surface area contributed by atoms with Crippen LogP contribution in [0.25, 0.3) is 0 Å². The second-order valence-electron chi connectivity index (χ2n) is 6.59. The highest BCUT2D eigenvalue weighted by Gasteiger charge is 2.12. The number of nitrogens with zero attached hydrogens (tertiary/aromatic N) is 2. The largest absolute Gasteiger partial charge is 0.357 e. The van der Waals surface area contributed by atoms with Crippen LogP contribution < -0.4 is 10.2 Å². The molecular weight excluding hydrogens is 342 g/mol. The molecule has 3 rings (SSSR count). The summed E-state index contributed by atoms with van der Waals surface area (Å²) in [5.74, 6) is 3.10. The third-order valence-corrected chi connectivity index (χ3v) is 5.58. The van der Waals surface area contributed by atoms with Crippen LogP contribution in [0.5, 0.6) is 0 Å². The molecule has 0 saturated carbocycles. The lowest BCUT2D eigenvalue weighted by Gasteiger charge is -2.27. The van der Waals surface area contributed by atoms with Crippen LogP contribution in [-0.4, -0.2) is 29.7 Å². The zero-order chi connectivity index (χ0) is 18.2. The van der Waals surface area contributed by atoms with Crippen LogP contribution in [-0.2, 0) is 12.3 Å². The van der Waals surface area contributed by atoms with Gasteiger partial charge in [0.25, 0.3) is 5.91 Å². The Morgan fingerprint density at radius 3 is 2.46 bits per heavy atom. The molecule has 0 atom stereocenters. The smallest absolute Gasteiger partial charge is 0.251 e. The van der Waals surface area contributed by atoms with E-state index in [9.17, 15) is 4.79 Å². The fraction of sp³-hybridized carbons (Fsp3) is 0.429. The summed E-state index contributed by atoms with van der Waals surface area (Å²) in [5, 5.41) is 2.98. The molecule has 0 unspecified atom stereocenters. The first-order chi connectivity index (χ1) is 12.8. The predicted octanol–water partition coefficient (Wildman–Crippen LogP) is 4.26. The maximum atomic E-state index is 12.3. The standard InChI is InChI=1S/C21H27N3OS/c1-2-26-16-17-6-9-19(10-7-17)21(25)23-15-18-8-11-20(22-14-18)24-12-4-3-5-13-24/h6-11,14H,2-5,12-13,15-16H2,1H3,(H,23,25).